The normalized spacial score (nSPS) is 12.9. The van der Waals surface area contributed by atoms with Crippen molar-refractivity contribution < 1.29 is 32.2 Å². The van der Waals surface area contributed by atoms with Gasteiger partial charge >= 0.3 is 6.36 Å². The molecular formula is C22H23F3N4O4S. The van der Waals surface area contributed by atoms with E-state index in [2.05, 4.69) is 20.4 Å². The van der Waals surface area contributed by atoms with Crippen molar-refractivity contribution in [2.45, 2.75) is 38.4 Å². The Bertz CT molecular complexity index is 1150. The van der Waals surface area contributed by atoms with Gasteiger partial charge in [-0.3, -0.25) is 14.9 Å². The standard InChI is InChI=1S/C22H23F3N4O4S/c1-21(2,29-18(30)15(26)12-32-11-13-6-4-3-5-7-13)19(31)28-20-27-16-9-8-14(10-17(16)34-20)33-22(23,24)25/h3-10,15H,11-12,26H2,1-2H3,(H,29,30)(H,27,28,31). The smallest absolute Gasteiger partial charge is 0.406 e. The molecule has 0 bridgehead atoms. The average Bonchev–Trinajstić information content (AvgIpc) is 3.14. The van der Waals surface area contributed by atoms with E-state index < -0.39 is 35.5 Å². The summed E-state index contributed by atoms with van der Waals surface area (Å²) in [4.78, 5) is 29.3. The number of alkyl halides is 3. The van der Waals surface area contributed by atoms with E-state index in [1.165, 1.54) is 26.0 Å². The first-order valence-corrected chi connectivity index (χ1v) is 10.9. The summed E-state index contributed by atoms with van der Waals surface area (Å²) in [6, 6.07) is 12.0. The summed E-state index contributed by atoms with van der Waals surface area (Å²) in [5.41, 5.74) is 5.85. The Kier molecular flexibility index (Phi) is 7.75. The molecule has 0 radical (unpaired) electrons. The van der Waals surface area contributed by atoms with Crippen LogP contribution >= 0.6 is 11.3 Å². The lowest BCUT2D eigenvalue weighted by Crippen LogP contribution is -2.57. The van der Waals surface area contributed by atoms with Gasteiger partial charge in [-0.1, -0.05) is 41.7 Å². The number of thiazole rings is 1. The quantitative estimate of drug-likeness (QED) is 0.417. The van der Waals surface area contributed by atoms with Gasteiger partial charge in [0, 0.05) is 6.07 Å². The molecule has 182 valence electrons. The van der Waals surface area contributed by atoms with Crippen LogP contribution in [0.4, 0.5) is 18.3 Å². The van der Waals surface area contributed by atoms with Gasteiger partial charge in [0.05, 0.1) is 23.4 Å². The highest BCUT2D eigenvalue weighted by molar-refractivity contribution is 7.22. The lowest BCUT2D eigenvalue weighted by molar-refractivity contribution is -0.274. The molecule has 3 aromatic rings. The molecule has 8 nitrogen and oxygen atoms in total. The van der Waals surface area contributed by atoms with Gasteiger partial charge in [-0.2, -0.15) is 0 Å². The fourth-order valence-corrected chi connectivity index (χ4v) is 3.71. The molecule has 2 amide bonds. The molecular weight excluding hydrogens is 473 g/mol. The minimum absolute atomic E-state index is 0.0430. The van der Waals surface area contributed by atoms with Crippen molar-refractivity contribution in [3.8, 4) is 5.75 Å². The van der Waals surface area contributed by atoms with Crippen LogP contribution in [0.5, 0.6) is 5.75 Å². The average molecular weight is 497 g/mol. The first kappa shape index (κ1) is 25.4. The first-order valence-electron chi connectivity index (χ1n) is 10.1. The van der Waals surface area contributed by atoms with E-state index in [9.17, 15) is 22.8 Å². The number of nitrogens with one attached hydrogen (secondary N) is 2. The number of hydrogen-bond donors (Lipinski definition) is 3. The first-order chi connectivity index (χ1) is 15.9. The van der Waals surface area contributed by atoms with Gasteiger partial charge in [0.15, 0.2) is 5.13 Å². The molecule has 0 aliphatic carbocycles. The molecule has 1 unspecified atom stereocenters. The van der Waals surface area contributed by atoms with Crippen molar-refractivity contribution in [2.75, 3.05) is 11.9 Å². The number of fused-ring (bicyclic) bond motifs is 1. The number of amides is 2. The van der Waals surface area contributed by atoms with Gasteiger partial charge in [0.25, 0.3) is 5.91 Å². The van der Waals surface area contributed by atoms with E-state index in [1.807, 2.05) is 30.3 Å². The molecule has 12 heteroatoms. The van der Waals surface area contributed by atoms with Crippen molar-refractivity contribution in [2.24, 2.45) is 5.73 Å². The molecule has 1 aromatic heterocycles. The maximum atomic E-state index is 12.7. The maximum absolute atomic E-state index is 12.7. The van der Waals surface area contributed by atoms with Crippen LogP contribution in [0.15, 0.2) is 48.5 Å². The zero-order valence-corrected chi connectivity index (χ0v) is 19.1. The number of benzene rings is 2. The number of carbonyl (C=O) groups excluding carboxylic acids is 2. The second-order valence-electron chi connectivity index (χ2n) is 7.87. The van der Waals surface area contributed by atoms with Crippen LogP contribution in [0, 0.1) is 0 Å². The minimum atomic E-state index is -4.81. The zero-order chi connectivity index (χ0) is 24.9. The predicted octanol–water partition coefficient (Wildman–Crippen LogP) is 3.57. The third-order valence-corrected chi connectivity index (χ3v) is 5.50. The van der Waals surface area contributed by atoms with Crippen LogP contribution in [0.25, 0.3) is 10.2 Å². The third kappa shape index (κ3) is 7.14. The number of carbonyl (C=O) groups is 2. The maximum Gasteiger partial charge on any atom is 0.573 e. The van der Waals surface area contributed by atoms with Gasteiger partial charge in [-0.05, 0) is 31.5 Å². The Morgan fingerprint density at radius 2 is 1.85 bits per heavy atom. The second-order valence-corrected chi connectivity index (χ2v) is 8.90. The van der Waals surface area contributed by atoms with Crippen molar-refractivity contribution in [3.05, 3.63) is 54.1 Å². The van der Waals surface area contributed by atoms with Gasteiger partial charge < -0.3 is 20.5 Å². The predicted molar refractivity (Wildman–Crippen MR) is 121 cm³/mol. The van der Waals surface area contributed by atoms with Crippen LogP contribution in [0.1, 0.15) is 19.4 Å². The van der Waals surface area contributed by atoms with Crippen LogP contribution < -0.4 is 21.1 Å². The van der Waals surface area contributed by atoms with Crippen LogP contribution in [-0.4, -0.2) is 41.3 Å². The van der Waals surface area contributed by atoms with E-state index >= 15 is 0 Å². The summed E-state index contributed by atoms with van der Waals surface area (Å²) >= 11 is 0.968. The largest absolute Gasteiger partial charge is 0.573 e. The summed E-state index contributed by atoms with van der Waals surface area (Å²) in [6.45, 7) is 3.22. The Labute approximate surface area is 197 Å². The summed E-state index contributed by atoms with van der Waals surface area (Å²) in [5.74, 6) is -1.55. The van der Waals surface area contributed by atoms with E-state index in [-0.39, 0.29) is 11.7 Å². The number of hydrogen-bond acceptors (Lipinski definition) is 7. The fraction of sp³-hybridized carbons (Fsp3) is 0.318. The summed E-state index contributed by atoms with van der Waals surface area (Å²) in [6.07, 6.45) is -4.81. The number of rotatable bonds is 9. The minimum Gasteiger partial charge on any atom is -0.406 e. The second kappa shape index (κ2) is 10.4. The van der Waals surface area contributed by atoms with E-state index in [0.29, 0.717) is 16.8 Å². The molecule has 0 saturated carbocycles. The lowest BCUT2D eigenvalue weighted by Gasteiger charge is -2.26. The van der Waals surface area contributed by atoms with Gasteiger partial charge in [-0.25, -0.2) is 4.98 Å². The van der Waals surface area contributed by atoms with Crippen molar-refractivity contribution >= 4 is 38.5 Å². The molecule has 0 spiro atoms. The number of nitrogens with zero attached hydrogens (tertiary/aromatic N) is 1. The van der Waals surface area contributed by atoms with Crippen LogP contribution in [0.3, 0.4) is 0 Å². The molecule has 1 atom stereocenters. The molecule has 0 fully saturated rings. The van der Waals surface area contributed by atoms with Crippen LogP contribution in [-0.2, 0) is 20.9 Å². The Morgan fingerprint density at radius 3 is 2.53 bits per heavy atom. The summed E-state index contributed by atoms with van der Waals surface area (Å²) in [7, 11) is 0. The summed E-state index contributed by atoms with van der Waals surface area (Å²) in [5, 5.41) is 5.29. The van der Waals surface area contributed by atoms with Crippen molar-refractivity contribution in [3.63, 3.8) is 0 Å². The van der Waals surface area contributed by atoms with Crippen LogP contribution in [0.2, 0.25) is 0 Å². The van der Waals surface area contributed by atoms with E-state index in [4.69, 9.17) is 10.5 Å². The zero-order valence-electron chi connectivity index (χ0n) is 18.3. The van der Waals surface area contributed by atoms with Crippen molar-refractivity contribution in [1.82, 2.24) is 10.3 Å². The lowest BCUT2D eigenvalue weighted by atomic mass is 10.0. The third-order valence-electron chi connectivity index (χ3n) is 4.56. The molecule has 2 aromatic carbocycles. The SMILES string of the molecule is CC(C)(NC(=O)C(N)COCc1ccccc1)C(=O)Nc1nc2ccc(OC(F)(F)F)cc2s1. The highest BCUT2D eigenvalue weighted by atomic mass is 32.1. The molecule has 1 heterocycles. The molecule has 0 aliphatic heterocycles. The Hall–Kier alpha value is -3.22. The van der Waals surface area contributed by atoms with Gasteiger partial charge in [0.2, 0.25) is 5.91 Å². The van der Waals surface area contributed by atoms with E-state index in [0.717, 1.165) is 23.0 Å². The monoisotopic (exact) mass is 496 g/mol. The van der Waals surface area contributed by atoms with Gasteiger partial charge in [0.1, 0.15) is 17.3 Å². The number of aromatic nitrogens is 1. The summed E-state index contributed by atoms with van der Waals surface area (Å²) < 4.78 is 47.0. The van der Waals surface area contributed by atoms with Gasteiger partial charge in [-0.15, -0.1) is 13.2 Å². The Balaban J connectivity index is 1.55. The van der Waals surface area contributed by atoms with Crippen molar-refractivity contribution in [1.29, 1.82) is 0 Å². The highest BCUT2D eigenvalue weighted by Gasteiger charge is 2.33. The Morgan fingerprint density at radius 1 is 1.15 bits per heavy atom. The topological polar surface area (TPSA) is 116 Å². The molecule has 0 aliphatic rings. The number of nitrogens with two attached hydrogens (primary N) is 1. The number of anilines is 1. The number of halogens is 3. The van der Waals surface area contributed by atoms with E-state index in [1.54, 1.807) is 0 Å². The number of ether oxygens (including phenoxy) is 2. The fourth-order valence-electron chi connectivity index (χ4n) is 2.82. The molecule has 4 N–H and O–H groups in total. The molecule has 0 saturated heterocycles. The molecule has 34 heavy (non-hydrogen) atoms. The highest BCUT2D eigenvalue weighted by Crippen LogP contribution is 2.31. The molecule has 3 rings (SSSR count).